The molecule has 1 N–H and O–H groups in total. The van der Waals surface area contributed by atoms with Crippen LogP contribution in [0.2, 0.25) is 5.02 Å². The molecule has 1 atom stereocenters. The monoisotopic (exact) mass is 433 g/mol. The summed E-state index contributed by atoms with van der Waals surface area (Å²) >= 11 is 5.97. The van der Waals surface area contributed by atoms with Crippen LogP contribution in [0.3, 0.4) is 0 Å². The van der Waals surface area contributed by atoms with Gasteiger partial charge in [0.25, 0.3) is 5.91 Å². The molecule has 0 unspecified atom stereocenters. The van der Waals surface area contributed by atoms with Gasteiger partial charge in [-0.05, 0) is 35.2 Å². The molecule has 0 fully saturated rings. The summed E-state index contributed by atoms with van der Waals surface area (Å²) in [5.74, 6) is -0.400. The molecule has 5 heteroatoms. The highest BCUT2D eigenvalue weighted by Gasteiger charge is 2.50. The largest absolute Gasteiger partial charge is 0.375 e. The smallest absolute Gasteiger partial charge is 0.264 e. The Morgan fingerprint density at radius 1 is 1.00 bits per heavy atom. The number of anilines is 1. The maximum Gasteiger partial charge on any atom is 0.264 e. The van der Waals surface area contributed by atoms with Gasteiger partial charge in [-0.3, -0.25) is 9.59 Å². The number of fused-ring (bicyclic) bond motifs is 1. The molecule has 0 bridgehead atoms. The van der Waals surface area contributed by atoms with E-state index in [4.69, 9.17) is 11.6 Å². The Kier molecular flexibility index (Phi) is 5.69. The van der Waals surface area contributed by atoms with Crippen molar-refractivity contribution in [3.8, 4) is 0 Å². The molecule has 31 heavy (non-hydrogen) atoms. The summed E-state index contributed by atoms with van der Waals surface area (Å²) in [6.07, 6.45) is -0.305. The zero-order valence-corrected chi connectivity index (χ0v) is 18.3. The van der Waals surface area contributed by atoms with Crippen LogP contribution in [0.4, 0.5) is 5.69 Å². The number of benzene rings is 3. The summed E-state index contributed by atoms with van der Waals surface area (Å²) in [5.41, 5.74) is 1.68. The summed E-state index contributed by atoms with van der Waals surface area (Å²) in [7, 11) is 0. The van der Waals surface area contributed by atoms with E-state index in [1.807, 2.05) is 30.3 Å². The molecule has 4 rings (SSSR count). The number of aliphatic hydroxyl groups is 1. The fourth-order valence-electron chi connectivity index (χ4n) is 4.00. The van der Waals surface area contributed by atoms with Crippen LogP contribution in [0.1, 0.15) is 53.2 Å². The molecule has 0 spiro atoms. The first kappa shape index (κ1) is 21.3. The number of rotatable bonds is 6. The molecule has 0 saturated carbocycles. The second-order valence-electron chi connectivity index (χ2n) is 8.27. The van der Waals surface area contributed by atoms with Gasteiger partial charge in [-0.15, -0.1) is 0 Å². The van der Waals surface area contributed by atoms with E-state index < -0.39 is 11.5 Å². The minimum atomic E-state index is -1.89. The summed E-state index contributed by atoms with van der Waals surface area (Å²) < 4.78 is 0. The molecule has 0 saturated heterocycles. The normalized spacial score (nSPS) is 17.8. The molecule has 3 aromatic rings. The fourth-order valence-corrected chi connectivity index (χ4v) is 4.12. The van der Waals surface area contributed by atoms with Gasteiger partial charge in [-0.2, -0.15) is 0 Å². The highest BCUT2D eigenvalue weighted by Crippen LogP contribution is 2.43. The minimum Gasteiger partial charge on any atom is -0.375 e. The second kappa shape index (κ2) is 8.29. The van der Waals surface area contributed by atoms with Gasteiger partial charge in [0.2, 0.25) is 0 Å². The Morgan fingerprint density at radius 2 is 1.65 bits per heavy atom. The zero-order valence-electron chi connectivity index (χ0n) is 17.5. The molecule has 1 heterocycles. The van der Waals surface area contributed by atoms with E-state index in [9.17, 15) is 14.7 Å². The predicted octanol–water partition coefficient (Wildman–Crippen LogP) is 5.47. The maximum atomic E-state index is 13.4. The minimum absolute atomic E-state index is 0.269. The number of Topliss-reactive ketones (excluding diaryl/α,β-unsaturated/α-hetero) is 1. The molecular weight excluding hydrogens is 410 g/mol. The number of amides is 1. The highest BCUT2D eigenvalue weighted by molar-refractivity contribution is 6.30. The third-order valence-electron chi connectivity index (χ3n) is 5.81. The van der Waals surface area contributed by atoms with Crippen molar-refractivity contribution in [1.82, 2.24) is 0 Å². The van der Waals surface area contributed by atoms with E-state index in [2.05, 4.69) is 13.8 Å². The molecule has 4 nitrogen and oxygen atoms in total. The third-order valence-corrected chi connectivity index (χ3v) is 6.06. The Labute approximate surface area is 187 Å². The summed E-state index contributed by atoms with van der Waals surface area (Å²) in [4.78, 5) is 27.9. The molecule has 158 valence electrons. The Bertz CT molecular complexity index is 1120. The quantitative estimate of drug-likeness (QED) is 0.524. The summed E-state index contributed by atoms with van der Waals surface area (Å²) in [5, 5.41) is 12.1. The number of carbonyl (C=O) groups excluding carboxylic acids is 2. The Balaban J connectivity index is 1.63. The zero-order chi connectivity index (χ0) is 22.2. The van der Waals surface area contributed by atoms with Crippen LogP contribution in [0.25, 0.3) is 0 Å². The lowest BCUT2D eigenvalue weighted by Crippen LogP contribution is -2.41. The van der Waals surface area contributed by atoms with Crippen LogP contribution in [-0.4, -0.2) is 16.8 Å². The Morgan fingerprint density at radius 3 is 2.29 bits per heavy atom. The van der Waals surface area contributed by atoms with Crippen LogP contribution in [0.5, 0.6) is 0 Å². The standard InChI is InChI=1S/C26H24ClNO3/c1-17(2)19-9-11-20(12-10-19)24(29)15-26(31)22-5-3-4-6-23(22)28(25(26)30)16-18-7-13-21(27)14-8-18/h3-14,17,31H,15-16H2,1-2H3/t26-/m1/s1. The van der Waals surface area contributed by atoms with Crippen LogP contribution < -0.4 is 4.90 Å². The van der Waals surface area contributed by atoms with Gasteiger partial charge < -0.3 is 10.0 Å². The van der Waals surface area contributed by atoms with Crippen molar-refractivity contribution in [1.29, 1.82) is 0 Å². The first-order valence-corrected chi connectivity index (χ1v) is 10.7. The molecular formula is C26H24ClNO3. The van der Waals surface area contributed by atoms with Gasteiger partial charge in [0.15, 0.2) is 11.4 Å². The number of ketones is 1. The van der Waals surface area contributed by atoms with Crippen molar-refractivity contribution in [2.45, 2.75) is 38.3 Å². The first-order chi connectivity index (χ1) is 14.8. The number of nitrogens with zero attached hydrogens (tertiary/aromatic N) is 1. The van der Waals surface area contributed by atoms with E-state index in [1.165, 1.54) is 4.90 Å². The van der Waals surface area contributed by atoms with Crippen molar-refractivity contribution in [3.05, 3.63) is 100 Å². The van der Waals surface area contributed by atoms with Crippen molar-refractivity contribution in [2.24, 2.45) is 0 Å². The number of para-hydroxylation sites is 1. The summed E-state index contributed by atoms with van der Waals surface area (Å²) in [6.45, 7) is 4.46. The van der Waals surface area contributed by atoms with Gasteiger partial charge >= 0.3 is 0 Å². The lowest BCUT2D eigenvalue weighted by atomic mass is 9.87. The predicted molar refractivity (Wildman–Crippen MR) is 122 cm³/mol. The molecule has 1 amide bonds. The van der Waals surface area contributed by atoms with Crippen molar-refractivity contribution in [2.75, 3.05) is 4.90 Å². The third kappa shape index (κ3) is 4.01. The van der Waals surface area contributed by atoms with Gasteiger partial charge in [-0.1, -0.05) is 80.0 Å². The van der Waals surface area contributed by atoms with Gasteiger partial charge in [0.1, 0.15) is 0 Å². The van der Waals surface area contributed by atoms with Crippen LogP contribution in [0.15, 0.2) is 72.8 Å². The average Bonchev–Trinajstić information content (AvgIpc) is 2.97. The maximum absolute atomic E-state index is 13.4. The van der Waals surface area contributed by atoms with Crippen molar-refractivity contribution in [3.63, 3.8) is 0 Å². The molecule has 0 aromatic heterocycles. The SMILES string of the molecule is CC(C)c1ccc(C(=O)C[C@]2(O)C(=O)N(Cc3ccc(Cl)cc3)c3ccccc32)cc1. The molecule has 0 aliphatic carbocycles. The van der Waals surface area contributed by atoms with Gasteiger partial charge in [-0.25, -0.2) is 0 Å². The van der Waals surface area contributed by atoms with Gasteiger partial charge in [0.05, 0.1) is 18.7 Å². The lowest BCUT2D eigenvalue weighted by Gasteiger charge is -2.23. The molecule has 3 aromatic carbocycles. The van der Waals surface area contributed by atoms with E-state index in [1.54, 1.807) is 42.5 Å². The van der Waals surface area contributed by atoms with E-state index in [-0.39, 0.29) is 18.7 Å². The summed E-state index contributed by atoms with van der Waals surface area (Å²) in [6, 6.07) is 21.7. The van der Waals surface area contributed by atoms with Crippen LogP contribution in [-0.2, 0) is 16.9 Å². The van der Waals surface area contributed by atoms with Crippen LogP contribution >= 0.6 is 11.6 Å². The number of hydrogen-bond acceptors (Lipinski definition) is 3. The average molecular weight is 434 g/mol. The lowest BCUT2D eigenvalue weighted by molar-refractivity contribution is -0.136. The molecule has 1 aliphatic rings. The Hall–Kier alpha value is -2.95. The van der Waals surface area contributed by atoms with Crippen LogP contribution in [0, 0.1) is 0 Å². The fraction of sp³-hybridized carbons (Fsp3) is 0.231. The number of hydrogen-bond donors (Lipinski definition) is 1. The molecule has 1 aliphatic heterocycles. The molecule has 0 radical (unpaired) electrons. The van der Waals surface area contributed by atoms with E-state index >= 15 is 0 Å². The second-order valence-corrected chi connectivity index (χ2v) is 8.71. The van der Waals surface area contributed by atoms with E-state index in [0.29, 0.717) is 27.8 Å². The topological polar surface area (TPSA) is 57.6 Å². The number of halogens is 1. The highest BCUT2D eigenvalue weighted by atomic mass is 35.5. The van der Waals surface area contributed by atoms with E-state index in [0.717, 1.165) is 11.1 Å². The first-order valence-electron chi connectivity index (χ1n) is 10.3. The van der Waals surface area contributed by atoms with Gasteiger partial charge in [0, 0.05) is 16.1 Å². The number of carbonyl (C=O) groups is 2. The van der Waals surface area contributed by atoms with Crippen molar-refractivity contribution < 1.29 is 14.7 Å². The van der Waals surface area contributed by atoms with Crippen molar-refractivity contribution >= 4 is 29.0 Å².